The molecular weight excluding hydrogens is 376 g/mol. The molecule has 1 saturated carbocycles. The zero-order valence-corrected chi connectivity index (χ0v) is 17.7. The average Bonchev–Trinajstić information content (AvgIpc) is 3.20. The zero-order valence-electron chi connectivity index (χ0n) is 16.9. The van der Waals surface area contributed by atoms with Crippen LogP contribution >= 0.6 is 11.8 Å². The van der Waals surface area contributed by atoms with Gasteiger partial charge in [-0.15, -0.1) is 0 Å². The Morgan fingerprint density at radius 3 is 2.55 bits per heavy atom. The number of thioether (sulfide) groups is 1. The quantitative estimate of drug-likeness (QED) is 0.447. The summed E-state index contributed by atoms with van der Waals surface area (Å²) in [5.41, 5.74) is 5.89. The highest BCUT2D eigenvalue weighted by Gasteiger charge is 2.44. The molecule has 1 fully saturated rings. The second kappa shape index (κ2) is 7.49. The van der Waals surface area contributed by atoms with Crippen LogP contribution in [-0.2, 0) is 25.3 Å². The van der Waals surface area contributed by atoms with E-state index in [1.54, 1.807) is 16.3 Å². The number of hydrogen-bond donors (Lipinski definition) is 0. The fraction of sp³-hybridized carbons (Fsp3) is 0.360. The van der Waals surface area contributed by atoms with E-state index in [4.69, 9.17) is 4.98 Å². The van der Waals surface area contributed by atoms with Crippen molar-refractivity contribution in [2.45, 2.75) is 49.1 Å². The molecule has 0 bridgehead atoms. The number of hydrogen-bond acceptors (Lipinski definition) is 3. The molecule has 29 heavy (non-hydrogen) atoms. The minimum atomic E-state index is -0.0151. The first-order valence-corrected chi connectivity index (χ1v) is 11.5. The number of aromatic nitrogens is 2. The third kappa shape index (κ3) is 3.24. The summed E-state index contributed by atoms with van der Waals surface area (Å²) in [4.78, 5) is 18.6. The van der Waals surface area contributed by atoms with Gasteiger partial charge >= 0.3 is 0 Å². The van der Waals surface area contributed by atoms with Gasteiger partial charge in [-0.2, -0.15) is 0 Å². The molecule has 1 spiro atoms. The molecule has 3 nitrogen and oxygen atoms in total. The Balaban J connectivity index is 1.55. The predicted octanol–water partition coefficient (Wildman–Crippen LogP) is 5.15. The normalized spacial score (nSPS) is 16.6. The fourth-order valence-corrected chi connectivity index (χ4v) is 6.08. The zero-order chi connectivity index (χ0) is 19.8. The third-order valence-electron chi connectivity index (χ3n) is 6.61. The van der Waals surface area contributed by atoms with Crippen molar-refractivity contribution < 1.29 is 0 Å². The van der Waals surface area contributed by atoms with E-state index in [-0.39, 0.29) is 11.0 Å². The molecule has 2 aliphatic rings. The third-order valence-corrected chi connectivity index (χ3v) is 7.64. The van der Waals surface area contributed by atoms with Crippen molar-refractivity contribution in [3.05, 3.63) is 81.6 Å². The first-order chi connectivity index (χ1) is 14.2. The molecular formula is C25H26N2OS. The summed E-state index contributed by atoms with van der Waals surface area (Å²) in [7, 11) is 1.89. The Bertz CT molecular complexity index is 1100. The lowest BCUT2D eigenvalue weighted by Gasteiger charge is -2.36. The summed E-state index contributed by atoms with van der Waals surface area (Å²) >= 11 is 1.69. The monoisotopic (exact) mass is 402 g/mol. The Morgan fingerprint density at radius 1 is 1.03 bits per heavy atom. The Hall–Kier alpha value is -2.33. The molecule has 0 aliphatic heterocycles. The number of rotatable bonds is 4. The van der Waals surface area contributed by atoms with Crippen molar-refractivity contribution in [3.8, 4) is 11.3 Å². The molecule has 0 unspecified atom stereocenters. The van der Waals surface area contributed by atoms with Gasteiger partial charge in [0.2, 0.25) is 0 Å². The number of aryl methyl sites for hydroxylation is 1. The highest BCUT2D eigenvalue weighted by molar-refractivity contribution is 7.99. The highest BCUT2D eigenvalue weighted by atomic mass is 32.2. The van der Waals surface area contributed by atoms with Crippen molar-refractivity contribution in [3.63, 3.8) is 0 Å². The van der Waals surface area contributed by atoms with Crippen LogP contribution < -0.4 is 5.56 Å². The van der Waals surface area contributed by atoms with Gasteiger partial charge in [0.15, 0.2) is 5.16 Å². The summed E-state index contributed by atoms with van der Waals surface area (Å²) in [6, 6.07) is 19.0. The van der Waals surface area contributed by atoms with Gasteiger partial charge in [0.05, 0.1) is 11.3 Å². The smallest absolute Gasteiger partial charge is 0.258 e. The number of benzene rings is 2. The molecule has 2 aromatic carbocycles. The largest absolute Gasteiger partial charge is 0.290 e. The van der Waals surface area contributed by atoms with Crippen LogP contribution in [0.25, 0.3) is 11.3 Å². The van der Waals surface area contributed by atoms with Crippen LogP contribution in [-0.4, -0.2) is 15.3 Å². The van der Waals surface area contributed by atoms with Crippen molar-refractivity contribution in [2.75, 3.05) is 5.75 Å². The summed E-state index contributed by atoms with van der Waals surface area (Å²) < 4.78 is 1.79. The Labute approximate surface area is 176 Å². The van der Waals surface area contributed by atoms with Crippen LogP contribution in [0.2, 0.25) is 0 Å². The SMILES string of the molecule is Cn1c(SCCc2ccccc2)nc2c(c1=O)C1(CCCC1)Cc1ccccc1-2. The summed E-state index contributed by atoms with van der Waals surface area (Å²) in [6.45, 7) is 0. The van der Waals surface area contributed by atoms with Crippen LogP contribution in [0.4, 0.5) is 0 Å². The van der Waals surface area contributed by atoms with Crippen LogP contribution in [0.3, 0.4) is 0 Å². The maximum atomic E-state index is 13.5. The van der Waals surface area contributed by atoms with Crippen LogP contribution in [0.1, 0.15) is 42.4 Å². The standard InChI is InChI=1S/C25H26N2OS/c1-27-23(28)21-22(26-24(27)29-16-13-18-9-3-2-4-10-18)20-12-6-5-11-19(20)17-25(21)14-7-8-15-25/h2-6,9-12H,7-8,13-17H2,1H3. The van der Waals surface area contributed by atoms with Gasteiger partial charge in [-0.3, -0.25) is 9.36 Å². The Kier molecular flexibility index (Phi) is 4.83. The van der Waals surface area contributed by atoms with Gasteiger partial charge in [0.25, 0.3) is 5.56 Å². The molecule has 148 valence electrons. The van der Waals surface area contributed by atoms with E-state index >= 15 is 0 Å². The lowest BCUT2D eigenvalue weighted by molar-refractivity contribution is 0.419. The van der Waals surface area contributed by atoms with Gasteiger partial charge in [-0.1, -0.05) is 79.2 Å². The summed E-state index contributed by atoms with van der Waals surface area (Å²) in [5, 5.41) is 0.828. The van der Waals surface area contributed by atoms with Crippen LogP contribution in [0.5, 0.6) is 0 Å². The molecule has 0 N–H and O–H groups in total. The van der Waals surface area contributed by atoms with Crippen molar-refractivity contribution >= 4 is 11.8 Å². The predicted molar refractivity (Wildman–Crippen MR) is 120 cm³/mol. The minimum absolute atomic E-state index is 0.0151. The van der Waals surface area contributed by atoms with Crippen molar-refractivity contribution in [2.24, 2.45) is 7.05 Å². The van der Waals surface area contributed by atoms with E-state index in [2.05, 4.69) is 48.5 Å². The van der Waals surface area contributed by atoms with Crippen molar-refractivity contribution in [1.29, 1.82) is 0 Å². The van der Waals surface area contributed by atoms with Crippen LogP contribution in [0, 0.1) is 0 Å². The van der Waals surface area contributed by atoms with Crippen molar-refractivity contribution in [1.82, 2.24) is 9.55 Å². The van der Waals surface area contributed by atoms with E-state index < -0.39 is 0 Å². The molecule has 0 amide bonds. The second-order valence-corrected chi connectivity index (χ2v) is 9.45. The molecule has 1 aromatic heterocycles. The fourth-order valence-electron chi connectivity index (χ4n) is 5.13. The second-order valence-electron chi connectivity index (χ2n) is 8.39. The molecule has 1 heterocycles. The van der Waals surface area contributed by atoms with Gasteiger partial charge < -0.3 is 0 Å². The molecule has 4 heteroatoms. The first kappa shape index (κ1) is 18.7. The van der Waals surface area contributed by atoms with E-state index in [1.807, 2.05) is 13.1 Å². The first-order valence-electron chi connectivity index (χ1n) is 10.5. The Morgan fingerprint density at radius 2 is 1.76 bits per heavy atom. The molecule has 3 aromatic rings. The number of fused-ring (bicyclic) bond motifs is 4. The molecule has 2 aliphatic carbocycles. The summed E-state index contributed by atoms with van der Waals surface area (Å²) in [5.74, 6) is 0.913. The minimum Gasteiger partial charge on any atom is -0.290 e. The van der Waals surface area contributed by atoms with E-state index in [0.717, 1.165) is 53.4 Å². The van der Waals surface area contributed by atoms with Crippen LogP contribution in [0.15, 0.2) is 64.5 Å². The van der Waals surface area contributed by atoms with Gasteiger partial charge in [0.1, 0.15) is 0 Å². The number of nitrogens with zero attached hydrogens (tertiary/aromatic N) is 2. The highest BCUT2D eigenvalue weighted by Crippen LogP contribution is 2.49. The van der Waals surface area contributed by atoms with Gasteiger partial charge in [0, 0.05) is 23.8 Å². The summed E-state index contributed by atoms with van der Waals surface area (Å²) in [6.07, 6.45) is 6.57. The maximum absolute atomic E-state index is 13.5. The van der Waals surface area contributed by atoms with E-state index in [1.165, 1.54) is 24.0 Å². The topological polar surface area (TPSA) is 34.9 Å². The van der Waals surface area contributed by atoms with E-state index in [9.17, 15) is 4.79 Å². The average molecular weight is 403 g/mol. The van der Waals surface area contributed by atoms with E-state index in [0.29, 0.717) is 0 Å². The molecule has 5 rings (SSSR count). The van der Waals surface area contributed by atoms with Gasteiger partial charge in [-0.05, 0) is 36.8 Å². The molecule has 0 saturated heterocycles. The maximum Gasteiger partial charge on any atom is 0.258 e. The lowest BCUT2D eigenvalue weighted by atomic mass is 9.68. The lowest BCUT2D eigenvalue weighted by Crippen LogP contribution is -2.39. The van der Waals surface area contributed by atoms with Gasteiger partial charge in [-0.25, -0.2) is 4.98 Å². The molecule has 0 atom stereocenters. The molecule has 0 radical (unpaired) electrons.